The molecule has 0 radical (unpaired) electrons. The number of hydrogen-bond acceptors (Lipinski definition) is 4. The summed E-state index contributed by atoms with van der Waals surface area (Å²) in [5.41, 5.74) is 0. The lowest BCUT2D eigenvalue weighted by Crippen LogP contribution is -2.37. The molecule has 0 aliphatic carbocycles. The topological polar surface area (TPSA) is 27.7 Å². The number of thioether (sulfide) groups is 1. The van der Waals surface area contributed by atoms with Crippen LogP contribution in [-0.4, -0.2) is 83.3 Å². The lowest BCUT2D eigenvalue weighted by atomic mass is 10.0. The molecule has 0 saturated heterocycles. The van der Waals surface area contributed by atoms with Crippen molar-refractivity contribution in [3.05, 3.63) is 0 Å². The van der Waals surface area contributed by atoms with Crippen molar-refractivity contribution in [3.63, 3.8) is 0 Å². The number of likely N-dealkylation sites (N-methyl/N-ethyl adjacent to an activating group) is 1. The van der Waals surface area contributed by atoms with E-state index in [2.05, 4.69) is 28.1 Å². The van der Waals surface area contributed by atoms with Gasteiger partial charge in [-0.25, -0.2) is 0 Å². The van der Waals surface area contributed by atoms with Gasteiger partial charge in [-0.15, -0.1) is 0 Å². The predicted octanol–water partition coefficient (Wildman–Crippen LogP) is 7.74. The summed E-state index contributed by atoms with van der Waals surface area (Å²) in [5.74, 6) is 2.00. The Hall–Kier alpha value is 0.190. The van der Waals surface area contributed by atoms with Crippen LogP contribution in [0.25, 0.3) is 0 Å². The highest BCUT2D eigenvalue weighted by molar-refractivity contribution is 7.99. The first-order valence-electron chi connectivity index (χ1n) is 14.6. The van der Waals surface area contributed by atoms with Crippen LogP contribution >= 0.6 is 11.8 Å². The molecule has 0 bridgehead atoms. The predicted molar refractivity (Wildman–Crippen MR) is 152 cm³/mol. The Kier molecular flexibility index (Phi) is 26.4. The smallest absolute Gasteiger partial charge is 0.102 e. The second-order valence-corrected chi connectivity index (χ2v) is 12.1. The minimum Gasteiger partial charge on any atom is -0.379 e. The van der Waals surface area contributed by atoms with Gasteiger partial charge >= 0.3 is 0 Å². The van der Waals surface area contributed by atoms with E-state index >= 15 is 0 Å². The van der Waals surface area contributed by atoms with Gasteiger partial charge in [-0.05, 0) is 6.42 Å². The van der Waals surface area contributed by atoms with E-state index < -0.39 is 0 Å². The van der Waals surface area contributed by atoms with Crippen LogP contribution in [0.3, 0.4) is 0 Å². The van der Waals surface area contributed by atoms with Gasteiger partial charge < -0.3 is 18.7 Å². The molecule has 5 heteroatoms. The van der Waals surface area contributed by atoms with E-state index in [1.165, 1.54) is 103 Å². The number of nitrogens with zero attached hydrogens (tertiary/aromatic N) is 1. The average molecular weight is 505 g/mol. The minimum absolute atomic E-state index is 0.192. The van der Waals surface area contributed by atoms with E-state index in [-0.39, 0.29) is 6.10 Å². The third kappa shape index (κ3) is 28.4. The standard InChI is InChI=1S/C29H62NO3S/c1-6-7-8-9-10-11-12-13-14-15-16-17-18-19-20-21-23-33-27-29(31-5)28-34-26-25-32-24-22-30(2,3)4/h29H,6-28H2,1-5H3/q+1. The lowest BCUT2D eigenvalue weighted by Gasteiger charge is -2.23. The van der Waals surface area contributed by atoms with Crippen molar-refractivity contribution < 1.29 is 18.7 Å². The van der Waals surface area contributed by atoms with Crippen molar-refractivity contribution in [1.29, 1.82) is 0 Å². The van der Waals surface area contributed by atoms with E-state index in [4.69, 9.17) is 14.2 Å². The molecule has 34 heavy (non-hydrogen) atoms. The maximum absolute atomic E-state index is 5.87. The quantitative estimate of drug-likeness (QED) is 0.0804. The van der Waals surface area contributed by atoms with Gasteiger partial charge in [-0.2, -0.15) is 11.8 Å². The Morgan fingerprint density at radius 2 is 1.12 bits per heavy atom. The molecule has 1 atom stereocenters. The highest BCUT2D eigenvalue weighted by Crippen LogP contribution is 2.14. The third-order valence-corrected chi connectivity index (χ3v) is 7.42. The first-order chi connectivity index (χ1) is 16.5. The summed E-state index contributed by atoms with van der Waals surface area (Å²) in [6, 6.07) is 0. The molecule has 0 amide bonds. The molecule has 0 heterocycles. The summed E-state index contributed by atoms with van der Waals surface area (Å²) in [5, 5.41) is 0. The molecule has 1 unspecified atom stereocenters. The summed E-state index contributed by atoms with van der Waals surface area (Å²) < 4.78 is 18.1. The van der Waals surface area contributed by atoms with Gasteiger partial charge in [0.05, 0.1) is 47.1 Å². The Morgan fingerprint density at radius 3 is 1.59 bits per heavy atom. The van der Waals surface area contributed by atoms with Crippen LogP contribution in [0.15, 0.2) is 0 Å². The molecule has 0 aromatic rings. The zero-order chi connectivity index (χ0) is 25.2. The summed E-state index contributed by atoms with van der Waals surface area (Å²) in [4.78, 5) is 0. The number of quaternary nitrogens is 1. The normalized spacial score (nSPS) is 13.0. The summed E-state index contributed by atoms with van der Waals surface area (Å²) in [6.07, 6.45) is 22.7. The van der Waals surface area contributed by atoms with E-state index in [0.717, 1.165) is 42.4 Å². The van der Waals surface area contributed by atoms with Gasteiger partial charge in [0.25, 0.3) is 0 Å². The SMILES string of the molecule is CCCCCCCCCCCCCCCCCCOCC(CSCCOCC[N+](C)(C)C)OC. The molecule has 0 aromatic carbocycles. The first kappa shape index (κ1) is 34.2. The Bertz CT molecular complexity index is 390. The van der Waals surface area contributed by atoms with Crippen LogP contribution in [0.5, 0.6) is 0 Å². The summed E-state index contributed by atoms with van der Waals surface area (Å²) >= 11 is 1.90. The van der Waals surface area contributed by atoms with Crippen LogP contribution in [0.1, 0.15) is 110 Å². The second kappa shape index (κ2) is 26.3. The number of rotatable bonds is 28. The number of methoxy groups -OCH3 is 1. The highest BCUT2D eigenvalue weighted by Gasteiger charge is 2.08. The van der Waals surface area contributed by atoms with E-state index in [0.29, 0.717) is 6.61 Å². The van der Waals surface area contributed by atoms with E-state index in [1.54, 1.807) is 7.11 Å². The van der Waals surface area contributed by atoms with Crippen LogP contribution in [0, 0.1) is 0 Å². The monoisotopic (exact) mass is 504 g/mol. The highest BCUT2D eigenvalue weighted by atomic mass is 32.2. The van der Waals surface area contributed by atoms with Crippen LogP contribution in [-0.2, 0) is 14.2 Å². The van der Waals surface area contributed by atoms with Crippen molar-refractivity contribution >= 4 is 11.8 Å². The first-order valence-corrected chi connectivity index (χ1v) is 15.7. The molecule has 0 rings (SSSR count). The maximum Gasteiger partial charge on any atom is 0.102 e. The summed E-state index contributed by atoms with van der Waals surface area (Å²) in [7, 11) is 8.38. The largest absolute Gasteiger partial charge is 0.379 e. The third-order valence-electron chi connectivity index (χ3n) is 6.36. The molecule has 0 saturated carbocycles. The molecule has 4 nitrogen and oxygen atoms in total. The van der Waals surface area contributed by atoms with Crippen LogP contribution < -0.4 is 0 Å². The lowest BCUT2D eigenvalue weighted by molar-refractivity contribution is -0.870. The van der Waals surface area contributed by atoms with Gasteiger partial charge in [0, 0.05) is 25.2 Å². The van der Waals surface area contributed by atoms with Crippen molar-refractivity contribution in [2.24, 2.45) is 0 Å². The molecule has 0 aliphatic heterocycles. The second-order valence-electron chi connectivity index (χ2n) is 10.9. The Balaban J connectivity index is 3.27. The van der Waals surface area contributed by atoms with E-state index in [1.807, 2.05) is 11.8 Å². The fourth-order valence-corrected chi connectivity index (χ4v) is 4.82. The van der Waals surface area contributed by atoms with Crippen molar-refractivity contribution in [2.75, 3.05) is 72.7 Å². The molecule has 0 aromatic heterocycles. The fraction of sp³-hybridized carbons (Fsp3) is 1.00. The molecule has 0 spiro atoms. The zero-order valence-corrected chi connectivity index (χ0v) is 24.7. The van der Waals surface area contributed by atoms with E-state index in [9.17, 15) is 0 Å². The Morgan fingerprint density at radius 1 is 0.618 bits per heavy atom. The molecule has 0 N–H and O–H groups in total. The number of ether oxygens (including phenoxy) is 3. The van der Waals surface area contributed by atoms with Gasteiger partial charge in [0.2, 0.25) is 0 Å². The molecule has 0 aliphatic rings. The maximum atomic E-state index is 5.87. The van der Waals surface area contributed by atoms with Gasteiger partial charge in [0.1, 0.15) is 6.54 Å². The minimum atomic E-state index is 0.192. The number of unbranched alkanes of at least 4 members (excludes halogenated alkanes) is 15. The molecular formula is C29H62NO3S+. The fourth-order valence-electron chi connectivity index (χ4n) is 3.92. The summed E-state index contributed by atoms with van der Waals surface area (Å²) in [6.45, 7) is 6.59. The molecule has 206 valence electrons. The molecular weight excluding hydrogens is 442 g/mol. The van der Waals surface area contributed by atoms with Gasteiger partial charge in [0.15, 0.2) is 0 Å². The Labute approximate surface area is 218 Å². The van der Waals surface area contributed by atoms with Crippen molar-refractivity contribution in [2.45, 2.75) is 116 Å². The van der Waals surface area contributed by atoms with Crippen molar-refractivity contribution in [3.8, 4) is 0 Å². The van der Waals surface area contributed by atoms with Crippen LogP contribution in [0.4, 0.5) is 0 Å². The molecule has 0 fully saturated rings. The zero-order valence-electron chi connectivity index (χ0n) is 23.9. The van der Waals surface area contributed by atoms with Crippen molar-refractivity contribution in [1.82, 2.24) is 0 Å². The van der Waals surface area contributed by atoms with Gasteiger partial charge in [-0.3, -0.25) is 0 Å². The van der Waals surface area contributed by atoms with Gasteiger partial charge in [-0.1, -0.05) is 103 Å². The average Bonchev–Trinajstić information content (AvgIpc) is 2.80. The van der Waals surface area contributed by atoms with Crippen LogP contribution in [0.2, 0.25) is 0 Å². The number of hydrogen-bond donors (Lipinski definition) is 0.